The van der Waals surface area contributed by atoms with Crippen LogP contribution in [0.5, 0.6) is 0 Å². The minimum absolute atomic E-state index is 0.101. The van der Waals surface area contributed by atoms with Crippen LogP contribution in [-0.4, -0.2) is 10.9 Å². The van der Waals surface area contributed by atoms with Gasteiger partial charge < -0.3 is 0 Å². The van der Waals surface area contributed by atoms with E-state index in [9.17, 15) is 4.79 Å². The number of aromatic nitrogens is 1. The van der Waals surface area contributed by atoms with Crippen LogP contribution < -0.4 is 10.9 Å². The number of carbonyl (C=O) groups excluding carboxylic acids is 1. The van der Waals surface area contributed by atoms with Crippen LogP contribution in [0.4, 0.5) is 5.82 Å². The highest BCUT2D eigenvalue weighted by molar-refractivity contribution is 7.17. The molecule has 2 heterocycles. The highest BCUT2D eigenvalue weighted by Crippen LogP contribution is 2.30. The number of rotatable bonds is 3. The summed E-state index contributed by atoms with van der Waals surface area (Å²) >= 11 is 1.64. The Bertz CT molecular complexity index is 550. The van der Waals surface area contributed by atoms with Gasteiger partial charge in [-0.05, 0) is 30.4 Å². The summed E-state index contributed by atoms with van der Waals surface area (Å²) in [7, 11) is 0. The van der Waals surface area contributed by atoms with Crippen molar-refractivity contribution >= 4 is 33.1 Å². The molecule has 0 saturated heterocycles. The quantitative estimate of drug-likeness (QED) is 0.517. The van der Waals surface area contributed by atoms with Crippen LogP contribution in [0, 0.1) is 6.92 Å². The van der Waals surface area contributed by atoms with Crippen molar-refractivity contribution in [1.29, 1.82) is 0 Å². The third kappa shape index (κ3) is 2.16. The molecule has 0 spiro atoms. The van der Waals surface area contributed by atoms with Crippen molar-refractivity contribution in [3.05, 3.63) is 23.2 Å². The number of hydrogen-bond donors (Lipinski definition) is 1. The molecular weight excluding hydrogens is 234 g/mol. The fourth-order valence-corrected chi connectivity index (χ4v) is 2.59. The second-order valence-electron chi connectivity index (χ2n) is 3.94. The first-order valence-electron chi connectivity index (χ1n) is 5.55. The summed E-state index contributed by atoms with van der Waals surface area (Å²) in [6.07, 6.45) is 2.98. The van der Waals surface area contributed by atoms with Crippen LogP contribution >= 0.6 is 11.3 Å². The molecule has 0 atom stereocenters. The molecule has 2 aromatic rings. The van der Waals surface area contributed by atoms with Crippen molar-refractivity contribution in [2.75, 3.05) is 5.01 Å². The molecular formula is C12H15N3OS. The van der Waals surface area contributed by atoms with E-state index in [1.165, 1.54) is 0 Å². The highest BCUT2D eigenvalue weighted by atomic mass is 32.1. The number of carbonyl (C=O) groups is 1. The lowest BCUT2D eigenvalue weighted by Crippen LogP contribution is -2.38. The summed E-state index contributed by atoms with van der Waals surface area (Å²) in [6, 6.07) is 1.95. The number of aryl methyl sites for hydroxylation is 1. The van der Waals surface area contributed by atoms with Gasteiger partial charge in [-0.25, -0.2) is 15.8 Å². The molecule has 17 heavy (non-hydrogen) atoms. The monoisotopic (exact) mass is 249 g/mol. The van der Waals surface area contributed by atoms with Gasteiger partial charge in [0.05, 0.1) is 0 Å². The van der Waals surface area contributed by atoms with Crippen LogP contribution in [-0.2, 0) is 4.79 Å². The lowest BCUT2D eigenvalue weighted by atomic mass is 10.2. The SMILES string of the molecule is CCCC(=O)N(N)c1ncc(C)c2sccc12. The third-order valence-corrected chi connectivity index (χ3v) is 3.66. The topological polar surface area (TPSA) is 59.2 Å². The molecule has 2 N–H and O–H groups in total. The maximum Gasteiger partial charge on any atom is 0.242 e. The second-order valence-corrected chi connectivity index (χ2v) is 4.86. The minimum atomic E-state index is -0.101. The van der Waals surface area contributed by atoms with Gasteiger partial charge in [-0.2, -0.15) is 0 Å². The second kappa shape index (κ2) is 4.81. The molecule has 0 radical (unpaired) electrons. The van der Waals surface area contributed by atoms with Crippen LogP contribution in [0.3, 0.4) is 0 Å². The van der Waals surface area contributed by atoms with Gasteiger partial charge in [0.2, 0.25) is 5.91 Å². The van der Waals surface area contributed by atoms with Gasteiger partial charge in [-0.1, -0.05) is 6.92 Å². The number of nitrogens with two attached hydrogens (primary N) is 1. The van der Waals surface area contributed by atoms with Gasteiger partial charge in [0, 0.05) is 22.7 Å². The molecule has 0 aliphatic heterocycles. The predicted molar refractivity (Wildman–Crippen MR) is 70.9 cm³/mol. The number of hydrogen-bond acceptors (Lipinski definition) is 4. The summed E-state index contributed by atoms with van der Waals surface area (Å²) < 4.78 is 1.13. The van der Waals surface area contributed by atoms with Crippen LogP contribution in [0.15, 0.2) is 17.6 Å². The van der Waals surface area contributed by atoms with Crippen LogP contribution in [0.25, 0.3) is 10.1 Å². The number of hydrazine groups is 1. The van der Waals surface area contributed by atoms with Gasteiger partial charge in [0.1, 0.15) is 0 Å². The molecule has 1 amide bonds. The zero-order valence-electron chi connectivity index (χ0n) is 9.93. The zero-order chi connectivity index (χ0) is 12.4. The molecule has 5 heteroatoms. The van der Waals surface area contributed by atoms with E-state index in [4.69, 9.17) is 5.84 Å². The Kier molecular flexibility index (Phi) is 3.40. The van der Waals surface area contributed by atoms with Gasteiger partial charge in [-0.3, -0.25) is 4.79 Å². The Morgan fingerprint density at radius 2 is 2.35 bits per heavy atom. The van der Waals surface area contributed by atoms with E-state index in [0.717, 1.165) is 27.1 Å². The van der Waals surface area contributed by atoms with Gasteiger partial charge in [0.25, 0.3) is 0 Å². The Hall–Kier alpha value is -1.46. The predicted octanol–water partition coefficient (Wildman–Crippen LogP) is 2.61. The van der Waals surface area contributed by atoms with Gasteiger partial charge in [0.15, 0.2) is 5.82 Å². The number of anilines is 1. The molecule has 0 fully saturated rings. The maximum atomic E-state index is 11.8. The van der Waals surface area contributed by atoms with Gasteiger partial charge in [-0.15, -0.1) is 11.3 Å². The largest absolute Gasteiger partial charge is 0.273 e. The minimum Gasteiger partial charge on any atom is -0.273 e. The molecule has 0 aliphatic carbocycles. The molecule has 0 bridgehead atoms. The molecule has 2 rings (SSSR count). The van der Waals surface area contributed by atoms with Crippen LogP contribution in [0.1, 0.15) is 25.3 Å². The molecule has 4 nitrogen and oxygen atoms in total. The molecule has 0 saturated carbocycles. The average molecular weight is 249 g/mol. The third-order valence-electron chi connectivity index (χ3n) is 2.61. The van der Waals surface area contributed by atoms with E-state index in [1.54, 1.807) is 17.5 Å². The van der Waals surface area contributed by atoms with Crippen molar-refractivity contribution in [2.24, 2.45) is 5.84 Å². The molecule has 0 unspecified atom stereocenters. The lowest BCUT2D eigenvalue weighted by molar-refractivity contribution is -0.118. The Morgan fingerprint density at radius 1 is 1.59 bits per heavy atom. The number of amides is 1. The van der Waals surface area contributed by atoms with Crippen molar-refractivity contribution < 1.29 is 4.79 Å². The number of pyridine rings is 1. The first-order valence-corrected chi connectivity index (χ1v) is 6.43. The maximum absolute atomic E-state index is 11.8. The molecule has 0 aliphatic rings. The van der Waals surface area contributed by atoms with E-state index in [1.807, 2.05) is 25.3 Å². The summed E-state index contributed by atoms with van der Waals surface area (Å²) in [5.41, 5.74) is 1.11. The summed E-state index contributed by atoms with van der Waals surface area (Å²) in [4.78, 5) is 16.0. The lowest BCUT2D eigenvalue weighted by Gasteiger charge is -2.16. The first kappa shape index (κ1) is 12.0. The van der Waals surface area contributed by atoms with Crippen molar-refractivity contribution in [1.82, 2.24) is 4.98 Å². The van der Waals surface area contributed by atoms with Crippen molar-refractivity contribution in [3.63, 3.8) is 0 Å². The molecule has 90 valence electrons. The Morgan fingerprint density at radius 3 is 3.06 bits per heavy atom. The molecule has 2 aromatic heterocycles. The smallest absolute Gasteiger partial charge is 0.242 e. The average Bonchev–Trinajstić information content (AvgIpc) is 2.79. The summed E-state index contributed by atoms with van der Waals surface area (Å²) in [6.45, 7) is 3.96. The van der Waals surface area contributed by atoms with E-state index >= 15 is 0 Å². The van der Waals surface area contributed by atoms with E-state index in [-0.39, 0.29) is 5.91 Å². The fraction of sp³-hybridized carbons (Fsp3) is 0.333. The highest BCUT2D eigenvalue weighted by Gasteiger charge is 2.16. The van der Waals surface area contributed by atoms with E-state index in [2.05, 4.69) is 4.98 Å². The van der Waals surface area contributed by atoms with E-state index in [0.29, 0.717) is 12.2 Å². The van der Waals surface area contributed by atoms with Crippen molar-refractivity contribution in [3.8, 4) is 0 Å². The number of thiophene rings is 1. The fourth-order valence-electron chi connectivity index (χ4n) is 1.72. The Balaban J connectivity index is 2.45. The summed E-state index contributed by atoms with van der Waals surface area (Å²) in [5.74, 6) is 6.27. The normalized spacial score (nSPS) is 10.8. The van der Waals surface area contributed by atoms with Crippen molar-refractivity contribution in [2.45, 2.75) is 26.7 Å². The summed E-state index contributed by atoms with van der Waals surface area (Å²) in [5, 5.41) is 4.10. The van der Waals surface area contributed by atoms with Crippen LogP contribution in [0.2, 0.25) is 0 Å². The Labute approximate surface area is 104 Å². The standard InChI is InChI=1S/C12H15N3OS/c1-3-4-10(16)15(13)12-9-5-6-17-11(9)8(2)7-14-12/h5-7H,3-4,13H2,1-2H3. The number of nitrogens with zero attached hydrogens (tertiary/aromatic N) is 2. The van der Waals surface area contributed by atoms with E-state index < -0.39 is 0 Å². The molecule has 0 aromatic carbocycles. The first-order chi connectivity index (χ1) is 8.15. The van der Waals surface area contributed by atoms with Gasteiger partial charge >= 0.3 is 0 Å². The number of fused-ring (bicyclic) bond motifs is 1. The zero-order valence-corrected chi connectivity index (χ0v) is 10.8.